The summed E-state index contributed by atoms with van der Waals surface area (Å²) in [7, 11) is 0. The van der Waals surface area contributed by atoms with Crippen molar-refractivity contribution >= 4 is 17.9 Å². The third-order valence-corrected chi connectivity index (χ3v) is 11.2. The SMILES string of the molecule is CC/C=C\C/C=C\C/C=C\C/C=C\C/C=C\C/C=C\C/C=C\C/C=C\CCCCCCC(=O)OCC(COC(=O)CCCCCCC/C=C\C/C=C\CCC)OC(=O)CC/C=C\C/C=C\C/C=C\C/C=C\CC. The van der Waals surface area contributed by atoms with Gasteiger partial charge in [-0.25, -0.2) is 0 Å². The normalized spacial score (nSPS) is 13.4. The van der Waals surface area contributed by atoms with E-state index in [-0.39, 0.29) is 31.6 Å². The Kier molecular flexibility index (Phi) is 55.1. The van der Waals surface area contributed by atoms with Gasteiger partial charge in [0.2, 0.25) is 0 Å². The van der Waals surface area contributed by atoms with Crippen LogP contribution in [0, 0.1) is 0 Å². The van der Waals surface area contributed by atoms with Crippen LogP contribution in [0.5, 0.6) is 0 Å². The molecule has 0 fully saturated rings. The summed E-state index contributed by atoms with van der Waals surface area (Å²) < 4.78 is 16.7. The second kappa shape index (κ2) is 59.3. The fourth-order valence-electron chi connectivity index (χ4n) is 6.98. The highest BCUT2D eigenvalue weighted by Crippen LogP contribution is 2.12. The first-order valence-electron chi connectivity index (χ1n) is 28.6. The van der Waals surface area contributed by atoms with Crippen LogP contribution in [0.2, 0.25) is 0 Å². The largest absolute Gasteiger partial charge is 0.462 e. The van der Waals surface area contributed by atoms with Gasteiger partial charge >= 0.3 is 17.9 Å². The van der Waals surface area contributed by atoms with Crippen LogP contribution in [0.4, 0.5) is 0 Å². The lowest BCUT2D eigenvalue weighted by Gasteiger charge is -2.18. The van der Waals surface area contributed by atoms with Crippen molar-refractivity contribution in [2.75, 3.05) is 13.2 Å². The quantitative estimate of drug-likeness (QED) is 0.0261. The van der Waals surface area contributed by atoms with E-state index in [2.05, 4.69) is 179 Å². The average Bonchev–Trinajstić information content (AvgIpc) is 3.39. The van der Waals surface area contributed by atoms with Gasteiger partial charge in [0.1, 0.15) is 13.2 Å². The molecular formula is C67H102O6. The van der Waals surface area contributed by atoms with Gasteiger partial charge in [0, 0.05) is 19.3 Å². The number of hydrogen-bond acceptors (Lipinski definition) is 6. The van der Waals surface area contributed by atoms with E-state index < -0.39 is 12.1 Å². The van der Waals surface area contributed by atoms with Crippen molar-refractivity contribution < 1.29 is 28.6 Å². The van der Waals surface area contributed by atoms with E-state index in [4.69, 9.17) is 14.2 Å². The number of carbonyl (C=O) groups is 3. The molecule has 0 aromatic carbocycles. The van der Waals surface area contributed by atoms with Crippen molar-refractivity contribution in [3.63, 3.8) is 0 Å². The lowest BCUT2D eigenvalue weighted by molar-refractivity contribution is -0.166. The van der Waals surface area contributed by atoms with Gasteiger partial charge in [-0.3, -0.25) is 14.4 Å². The molecule has 0 spiro atoms. The van der Waals surface area contributed by atoms with Crippen LogP contribution in [0.25, 0.3) is 0 Å². The highest BCUT2D eigenvalue weighted by molar-refractivity contribution is 5.71. The number of ether oxygens (including phenoxy) is 3. The van der Waals surface area contributed by atoms with Gasteiger partial charge in [0.15, 0.2) is 6.10 Å². The molecule has 0 aromatic heterocycles. The lowest BCUT2D eigenvalue weighted by Crippen LogP contribution is -2.30. The minimum Gasteiger partial charge on any atom is -0.462 e. The predicted molar refractivity (Wildman–Crippen MR) is 315 cm³/mol. The molecule has 1 unspecified atom stereocenters. The zero-order chi connectivity index (χ0) is 52.9. The predicted octanol–water partition coefficient (Wildman–Crippen LogP) is 19.5. The Bertz CT molecular complexity index is 1720. The summed E-state index contributed by atoms with van der Waals surface area (Å²) in [5, 5.41) is 0. The molecule has 0 rings (SSSR count). The Labute approximate surface area is 447 Å². The third-order valence-electron chi connectivity index (χ3n) is 11.2. The standard InChI is InChI=1S/C67H102O6/c1-4-7-10-13-16-19-22-25-26-27-28-29-30-31-32-33-34-35-36-37-38-39-40-43-45-48-51-54-57-60-66(69)72-63-64(73-67(70)61-58-55-52-49-46-42-24-21-18-15-12-9-6-3)62-71-65(68)59-56-53-50-47-44-41-23-20-17-14-11-8-5-2/h7,9-12,14,16,18-21,23,25-26,28-29,31-32,34-35,37-38,40,42-43,46,52,55,64H,4-6,8,13,15,17,22,24,27,30,33,36,39,41,44-45,47-51,53-54,56-63H2,1-3H3/b10-7-,12-9-,14-11-,19-16-,21-18-,23-20-,26-25-,29-28-,32-31-,35-34-,38-37-,43-40-,46-42-,55-52-. The molecule has 73 heavy (non-hydrogen) atoms. The first kappa shape index (κ1) is 67.8. The smallest absolute Gasteiger partial charge is 0.306 e. The molecule has 406 valence electrons. The van der Waals surface area contributed by atoms with Gasteiger partial charge in [-0.2, -0.15) is 0 Å². The Balaban J connectivity index is 4.44. The number of carbonyl (C=O) groups excluding carboxylic acids is 3. The molecule has 6 heteroatoms. The summed E-state index contributed by atoms with van der Waals surface area (Å²) in [5.74, 6) is -1.06. The van der Waals surface area contributed by atoms with Crippen molar-refractivity contribution in [1.82, 2.24) is 0 Å². The van der Waals surface area contributed by atoms with Gasteiger partial charge < -0.3 is 14.2 Å². The maximum atomic E-state index is 12.8. The number of unbranched alkanes of at least 4 members (excludes halogenated alkanes) is 10. The fraction of sp³-hybridized carbons (Fsp3) is 0.537. The van der Waals surface area contributed by atoms with Crippen molar-refractivity contribution in [2.24, 2.45) is 0 Å². The minimum atomic E-state index is -0.841. The topological polar surface area (TPSA) is 78.9 Å². The molecule has 0 N–H and O–H groups in total. The number of esters is 3. The molecule has 0 bridgehead atoms. The van der Waals surface area contributed by atoms with Crippen LogP contribution in [0.15, 0.2) is 170 Å². The van der Waals surface area contributed by atoms with Gasteiger partial charge in [0.05, 0.1) is 0 Å². The van der Waals surface area contributed by atoms with Crippen molar-refractivity contribution in [3.05, 3.63) is 170 Å². The first-order valence-corrected chi connectivity index (χ1v) is 28.6. The van der Waals surface area contributed by atoms with Crippen LogP contribution in [-0.2, 0) is 28.6 Å². The summed E-state index contributed by atoms with van der Waals surface area (Å²) >= 11 is 0. The highest BCUT2D eigenvalue weighted by Gasteiger charge is 2.19. The minimum absolute atomic E-state index is 0.130. The molecule has 0 aromatic rings. The number of hydrogen-bond donors (Lipinski definition) is 0. The van der Waals surface area contributed by atoms with E-state index in [0.29, 0.717) is 19.3 Å². The highest BCUT2D eigenvalue weighted by atomic mass is 16.6. The van der Waals surface area contributed by atoms with E-state index in [1.807, 2.05) is 12.2 Å². The zero-order valence-corrected chi connectivity index (χ0v) is 46.3. The van der Waals surface area contributed by atoms with Crippen molar-refractivity contribution in [1.29, 1.82) is 0 Å². The van der Waals surface area contributed by atoms with Crippen LogP contribution in [0.1, 0.15) is 213 Å². The molecule has 0 amide bonds. The number of allylic oxidation sites excluding steroid dienone is 28. The van der Waals surface area contributed by atoms with Gasteiger partial charge in [0.25, 0.3) is 0 Å². The number of rotatable bonds is 49. The average molecular weight is 1000 g/mol. The van der Waals surface area contributed by atoms with E-state index in [0.717, 1.165) is 161 Å². The maximum absolute atomic E-state index is 12.8. The van der Waals surface area contributed by atoms with Gasteiger partial charge in [-0.05, 0) is 135 Å². The molecule has 0 saturated heterocycles. The van der Waals surface area contributed by atoms with Crippen LogP contribution in [-0.4, -0.2) is 37.2 Å². The van der Waals surface area contributed by atoms with Gasteiger partial charge in [-0.15, -0.1) is 0 Å². The molecule has 1 atom stereocenters. The van der Waals surface area contributed by atoms with Gasteiger partial charge in [-0.1, -0.05) is 229 Å². The molecule has 0 aliphatic heterocycles. The van der Waals surface area contributed by atoms with Crippen molar-refractivity contribution in [3.8, 4) is 0 Å². The molecule has 0 aliphatic rings. The second-order valence-corrected chi connectivity index (χ2v) is 18.1. The molecule has 0 aliphatic carbocycles. The summed E-state index contributed by atoms with van der Waals surface area (Å²) in [6.07, 6.45) is 87.9. The molecular weight excluding hydrogens is 901 g/mol. The zero-order valence-electron chi connectivity index (χ0n) is 46.3. The molecule has 0 heterocycles. The Morgan fingerprint density at radius 3 is 0.890 bits per heavy atom. The second-order valence-electron chi connectivity index (χ2n) is 18.1. The third kappa shape index (κ3) is 57.5. The molecule has 0 saturated carbocycles. The Hall–Kier alpha value is -5.23. The van der Waals surface area contributed by atoms with Crippen LogP contribution >= 0.6 is 0 Å². The maximum Gasteiger partial charge on any atom is 0.306 e. The summed E-state index contributed by atoms with van der Waals surface area (Å²) in [6, 6.07) is 0. The molecule has 6 nitrogen and oxygen atoms in total. The van der Waals surface area contributed by atoms with E-state index in [1.54, 1.807) is 0 Å². The summed E-state index contributed by atoms with van der Waals surface area (Å²) in [6.45, 7) is 6.22. The van der Waals surface area contributed by atoms with E-state index >= 15 is 0 Å². The van der Waals surface area contributed by atoms with Crippen LogP contribution in [0.3, 0.4) is 0 Å². The van der Waals surface area contributed by atoms with Crippen LogP contribution < -0.4 is 0 Å². The van der Waals surface area contributed by atoms with E-state index in [9.17, 15) is 14.4 Å². The Morgan fingerprint density at radius 1 is 0.288 bits per heavy atom. The first-order chi connectivity index (χ1) is 36.0. The monoisotopic (exact) mass is 1000 g/mol. The summed E-state index contributed by atoms with van der Waals surface area (Å²) in [4.78, 5) is 38.0. The molecule has 0 radical (unpaired) electrons. The van der Waals surface area contributed by atoms with Crippen molar-refractivity contribution in [2.45, 2.75) is 219 Å². The Morgan fingerprint density at radius 2 is 0.562 bits per heavy atom. The van der Waals surface area contributed by atoms with E-state index in [1.165, 1.54) is 6.42 Å². The fourth-order valence-corrected chi connectivity index (χ4v) is 6.98. The lowest BCUT2D eigenvalue weighted by atomic mass is 10.1. The summed E-state index contributed by atoms with van der Waals surface area (Å²) in [5.41, 5.74) is 0.